The SMILES string of the molecule is CC1(C)OB(c2ccc(-c3c4ccccc4c(-c4ccc(C(F)(F)F)cc4)c4ccccc34)cc2)OC1(C)C. The molecular formula is C33H28BF3O2. The highest BCUT2D eigenvalue weighted by Crippen LogP contribution is 2.44. The molecule has 1 fully saturated rings. The number of alkyl halides is 3. The molecule has 0 N–H and O–H groups in total. The first kappa shape index (κ1) is 25.7. The molecule has 2 nitrogen and oxygen atoms in total. The summed E-state index contributed by atoms with van der Waals surface area (Å²) in [6.45, 7) is 8.16. The molecule has 1 saturated heterocycles. The molecule has 6 heteroatoms. The lowest BCUT2D eigenvalue weighted by atomic mass is 9.78. The fourth-order valence-electron chi connectivity index (χ4n) is 5.36. The summed E-state index contributed by atoms with van der Waals surface area (Å²) in [6, 6.07) is 29.9. The first-order valence-corrected chi connectivity index (χ1v) is 13.0. The first-order valence-electron chi connectivity index (χ1n) is 13.0. The minimum Gasteiger partial charge on any atom is -0.399 e. The van der Waals surface area contributed by atoms with Crippen molar-refractivity contribution in [3.8, 4) is 22.3 Å². The summed E-state index contributed by atoms with van der Waals surface area (Å²) in [5.41, 5.74) is 3.25. The molecule has 0 saturated carbocycles. The summed E-state index contributed by atoms with van der Waals surface area (Å²) in [5.74, 6) is 0. The fraction of sp³-hybridized carbons (Fsp3) is 0.212. The Hall–Kier alpha value is -3.61. The summed E-state index contributed by atoms with van der Waals surface area (Å²) in [4.78, 5) is 0. The summed E-state index contributed by atoms with van der Waals surface area (Å²) >= 11 is 0. The number of halogens is 3. The average Bonchev–Trinajstić information content (AvgIpc) is 3.13. The third-order valence-corrected chi connectivity index (χ3v) is 8.16. The molecule has 0 bridgehead atoms. The molecule has 0 radical (unpaired) electrons. The van der Waals surface area contributed by atoms with Crippen LogP contribution in [0, 0.1) is 0 Å². The van der Waals surface area contributed by atoms with Gasteiger partial charge in [0, 0.05) is 0 Å². The van der Waals surface area contributed by atoms with Gasteiger partial charge in [0.15, 0.2) is 0 Å². The third-order valence-electron chi connectivity index (χ3n) is 8.16. The Morgan fingerprint density at radius 2 is 0.897 bits per heavy atom. The number of fused-ring (bicyclic) bond motifs is 2. The zero-order valence-electron chi connectivity index (χ0n) is 22.3. The molecule has 39 heavy (non-hydrogen) atoms. The molecular weight excluding hydrogens is 496 g/mol. The van der Waals surface area contributed by atoms with E-state index in [0.717, 1.165) is 61.4 Å². The molecule has 0 unspecified atom stereocenters. The minimum atomic E-state index is -4.38. The van der Waals surface area contributed by atoms with Gasteiger partial charge in [-0.1, -0.05) is 84.9 Å². The minimum absolute atomic E-state index is 0.420. The van der Waals surface area contributed by atoms with Gasteiger partial charge >= 0.3 is 13.3 Å². The maximum absolute atomic E-state index is 13.3. The second kappa shape index (κ2) is 8.97. The Kier molecular flexibility index (Phi) is 5.90. The smallest absolute Gasteiger partial charge is 0.399 e. The van der Waals surface area contributed by atoms with Gasteiger partial charge in [0.25, 0.3) is 0 Å². The maximum atomic E-state index is 13.3. The monoisotopic (exact) mass is 524 g/mol. The van der Waals surface area contributed by atoms with E-state index in [4.69, 9.17) is 9.31 Å². The number of rotatable bonds is 3. The van der Waals surface area contributed by atoms with Crippen LogP contribution >= 0.6 is 0 Å². The van der Waals surface area contributed by atoms with Gasteiger partial charge < -0.3 is 9.31 Å². The summed E-state index contributed by atoms with van der Waals surface area (Å²) in [7, 11) is -0.445. The van der Waals surface area contributed by atoms with Crippen LogP contribution in [0.2, 0.25) is 0 Å². The fourth-order valence-corrected chi connectivity index (χ4v) is 5.36. The highest BCUT2D eigenvalue weighted by atomic mass is 19.4. The average molecular weight is 524 g/mol. The Morgan fingerprint density at radius 1 is 0.538 bits per heavy atom. The Balaban J connectivity index is 1.51. The highest BCUT2D eigenvalue weighted by molar-refractivity contribution is 6.62. The molecule has 0 aliphatic carbocycles. The predicted octanol–water partition coefficient (Wildman–Crippen LogP) is 8.65. The van der Waals surface area contributed by atoms with E-state index in [0.29, 0.717) is 0 Å². The molecule has 1 aliphatic rings. The molecule has 0 aromatic heterocycles. The predicted molar refractivity (Wildman–Crippen MR) is 153 cm³/mol. The summed E-state index contributed by atoms with van der Waals surface area (Å²) in [6.07, 6.45) is -4.38. The standard InChI is InChI=1S/C33H28BF3O2/c1-31(2)32(3,4)39-34(38-31)24-19-15-22(16-20-24)30-27-11-7-5-9-25(27)29(26-10-6-8-12-28(26)30)21-13-17-23(18-14-21)33(35,36)37/h5-20H,1-4H3. The van der Waals surface area contributed by atoms with Gasteiger partial charge in [-0.25, -0.2) is 0 Å². The van der Waals surface area contributed by atoms with Crippen LogP contribution in [0.15, 0.2) is 97.1 Å². The molecule has 0 spiro atoms. The highest BCUT2D eigenvalue weighted by Gasteiger charge is 2.51. The molecule has 0 atom stereocenters. The van der Waals surface area contributed by atoms with E-state index >= 15 is 0 Å². The van der Waals surface area contributed by atoms with Crippen molar-refractivity contribution in [3.63, 3.8) is 0 Å². The zero-order chi connectivity index (χ0) is 27.6. The van der Waals surface area contributed by atoms with E-state index in [9.17, 15) is 13.2 Å². The topological polar surface area (TPSA) is 18.5 Å². The lowest BCUT2D eigenvalue weighted by Crippen LogP contribution is -2.41. The van der Waals surface area contributed by atoms with Gasteiger partial charge in [-0.3, -0.25) is 0 Å². The van der Waals surface area contributed by atoms with Crippen LogP contribution < -0.4 is 5.46 Å². The van der Waals surface area contributed by atoms with Crippen LogP contribution in [-0.4, -0.2) is 18.3 Å². The van der Waals surface area contributed by atoms with Crippen molar-refractivity contribution in [2.24, 2.45) is 0 Å². The van der Waals surface area contributed by atoms with Crippen LogP contribution in [0.25, 0.3) is 43.8 Å². The Bertz CT molecular complexity index is 1610. The van der Waals surface area contributed by atoms with Crippen LogP contribution in [-0.2, 0) is 15.5 Å². The van der Waals surface area contributed by atoms with E-state index in [1.807, 2.05) is 76.2 Å². The van der Waals surface area contributed by atoms with E-state index in [2.05, 4.69) is 24.3 Å². The molecule has 1 heterocycles. The van der Waals surface area contributed by atoms with E-state index in [-0.39, 0.29) is 0 Å². The summed E-state index contributed by atoms with van der Waals surface area (Å²) in [5, 5.41) is 4.05. The number of hydrogen-bond donors (Lipinski definition) is 0. The molecule has 5 aromatic rings. The Labute approximate surface area is 226 Å². The lowest BCUT2D eigenvalue weighted by molar-refractivity contribution is -0.137. The van der Waals surface area contributed by atoms with Gasteiger partial charge in [0.05, 0.1) is 16.8 Å². The van der Waals surface area contributed by atoms with Crippen molar-refractivity contribution in [1.82, 2.24) is 0 Å². The molecule has 6 rings (SSSR count). The van der Waals surface area contributed by atoms with Crippen LogP contribution in [0.5, 0.6) is 0 Å². The second-order valence-corrected chi connectivity index (χ2v) is 11.1. The van der Waals surface area contributed by atoms with Crippen LogP contribution in [0.1, 0.15) is 33.3 Å². The van der Waals surface area contributed by atoms with Crippen molar-refractivity contribution in [1.29, 1.82) is 0 Å². The van der Waals surface area contributed by atoms with Gasteiger partial charge in [0.2, 0.25) is 0 Å². The normalized spacial score (nSPS) is 16.7. The third kappa shape index (κ3) is 4.32. The van der Waals surface area contributed by atoms with E-state index in [1.165, 1.54) is 0 Å². The Morgan fingerprint density at radius 3 is 1.26 bits per heavy atom. The van der Waals surface area contributed by atoms with E-state index in [1.54, 1.807) is 12.1 Å². The largest absolute Gasteiger partial charge is 0.494 e. The van der Waals surface area contributed by atoms with Crippen molar-refractivity contribution in [3.05, 3.63) is 103 Å². The van der Waals surface area contributed by atoms with Crippen molar-refractivity contribution < 1.29 is 22.5 Å². The molecule has 196 valence electrons. The second-order valence-electron chi connectivity index (χ2n) is 11.1. The molecule has 5 aromatic carbocycles. The first-order chi connectivity index (χ1) is 18.5. The quantitative estimate of drug-likeness (QED) is 0.174. The summed E-state index contributed by atoms with van der Waals surface area (Å²) < 4.78 is 52.2. The van der Waals surface area contributed by atoms with Crippen LogP contribution in [0.3, 0.4) is 0 Å². The van der Waals surface area contributed by atoms with Gasteiger partial charge in [0.1, 0.15) is 0 Å². The van der Waals surface area contributed by atoms with Crippen molar-refractivity contribution in [2.75, 3.05) is 0 Å². The maximum Gasteiger partial charge on any atom is 0.494 e. The molecule has 1 aliphatic heterocycles. The lowest BCUT2D eigenvalue weighted by Gasteiger charge is -2.32. The van der Waals surface area contributed by atoms with Gasteiger partial charge in [-0.2, -0.15) is 13.2 Å². The zero-order valence-corrected chi connectivity index (χ0v) is 22.3. The van der Waals surface area contributed by atoms with Crippen LogP contribution in [0.4, 0.5) is 13.2 Å². The van der Waals surface area contributed by atoms with Crippen molar-refractivity contribution >= 4 is 34.1 Å². The van der Waals surface area contributed by atoms with Gasteiger partial charge in [-0.15, -0.1) is 0 Å². The number of benzene rings is 5. The van der Waals surface area contributed by atoms with Crippen molar-refractivity contribution in [2.45, 2.75) is 45.1 Å². The van der Waals surface area contributed by atoms with Gasteiger partial charge in [-0.05, 0) is 89.1 Å². The number of hydrogen-bond acceptors (Lipinski definition) is 2. The molecule has 0 amide bonds. The van der Waals surface area contributed by atoms with E-state index < -0.39 is 30.1 Å².